The van der Waals surface area contributed by atoms with Crippen molar-refractivity contribution in [3.8, 4) is 5.75 Å². The first kappa shape index (κ1) is 32.1. The Hall–Kier alpha value is -3.37. The molecule has 0 unspecified atom stereocenters. The van der Waals surface area contributed by atoms with Crippen molar-refractivity contribution in [3.63, 3.8) is 0 Å². The van der Waals surface area contributed by atoms with E-state index in [2.05, 4.69) is 21.2 Å². The first-order valence-electron chi connectivity index (χ1n) is 13.6. The van der Waals surface area contributed by atoms with E-state index in [1.165, 1.54) is 17.0 Å². The van der Waals surface area contributed by atoms with E-state index in [9.17, 15) is 18.0 Å². The number of benzene rings is 3. The second-order valence-electron chi connectivity index (χ2n) is 10.2. The topological polar surface area (TPSA) is 96.0 Å². The van der Waals surface area contributed by atoms with Gasteiger partial charge in [-0.15, -0.1) is 0 Å². The molecule has 0 aliphatic heterocycles. The van der Waals surface area contributed by atoms with Crippen molar-refractivity contribution in [2.75, 3.05) is 24.0 Å². The lowest BCUT2D eigenvalue weighted by Gasteiger charge is -2.32. The van der Waals surface area contributed by atoms with Gasteiger partial charge in [0.1, 0.15) is 18.3 Å². The van der Waals surface area contributed by atoms with Gasteiger partial charge in [0, 0.05) is 17.6 Å². The van der Waals surface area contributed by atoms with E-state index in [0.717, 1.165) is 19.9 Å². The van der Waals surface area contributed by atoms with E-state index in [1.807, 2.05) is 52.0 Å². The molecule has 3 aromatic carbocycles. The molecule has 10 heteroatoms. The van der Waals surface area contributed by atoms with Crippen LogP contribution in [0.4, 0.5) is 5.69 Å². The number of carbonyl (C=O) groups excluding carboxylic acids is 2. The van der Waals surface area contributed by atoms with Gasteiger partial charge in [-0.3, -0.25) is 13.9 Å². The van der Waals surface area contributed by atoms with Crippen molar-refractivity contribution in [1.82, 2.24) is 10.2 Å². The molecule has 0 heterocycles. The van der Waals surface area contributed by atoms with Crippen molar-refractivity contribution < 1.29 is 22.7 Å². The number of ether oxygens (including phenoxy) is 1. The van der Waals surface area contributed by atoms with Crippen LogP contribution in [-0.2, 0) is 26.2 Å². The van der Waals surface area contributed by atoms with E-state index in [0.29, 0.717) is 24.6 Å². The minimum Gasteiger partial charge on any atom is -0.494 e. The van der Waals surface area contributed by atoms with Crippen LogP contribution < -0.4 is 14.4 Å². The second-order valence-corrected chi connectivity index (χ2v) is 13.0. The molecule has 0 aromatic heterocycles. The molecule has 0 spiro atoms. The number of amides is 2. The Bertz CT molecular complexity index is 1410. The molecule has 1 N–H and O–H groups in total. The van der Waals surface area contributed by atoms with E-state index >= 15 is 0 Å². The van der Waals surface area contributed by atoms with Crippen molar-refractivity contribution in [3.05, 3.63) is 88.4 Å². The molecular weight excluding hydrogens is 606 g/mol. The minimum absolute atomic E-state index is 0.0245. The van der Waals surface area contributed by atoms with Crippen molar-refractivity contribution >= 4 is 43.5 Å². The average molecular weight is 645 g/mol. The monoisotopic (exact) mass is 643 g/mol. The van der Waals surface area contributed by atoms with Gasteiger partial charge in [0.05, 0.1) is 17.2 Å². The Morgan fingerprint density at radius 3 is 2.10 bits per heavy atom. The van der Waals surface area contributed by atoms with Gasteiger partial charge in [0.25, 0.3) is 10.0 Å². The van der Waals surface area contributed by atoms with Crippen LogP contribution in [0.5, 0.6) is 5.75 Å². The third-order valence-corrected chi connectivity index (χ3v) is 8.76. The van der Waals surface area contributed by atoms with Crippen LogP contribution in [0.1, 0.15) is 38.8 Å². The zero-order chi connectivity index (χ0) is 30.2. The van der Waals surface area contributed by atoms with E-state index < -0.39 is 28.5 Å². The van der Waals surface area contributed by atoms with Crippen LogP contribution in [0.3, 0.4) is 0 Å². The molecule has 0 aliphatic rings. The lowest BCUT2D eigenvalue weighted by molar-refractivity contribution is -0.139. The quantitative estimate of drug-likeness (QED) is 0.264. The first-order chi connectivity index (χ1) is 19.4. The van der Waals surface area contributed by atoms with Gasteiger partial charge in [-0.05, 0) is 80.8 Å². The maximum atomic E-state index is 14.0. The fourth-order valence-corrected chi connectivity index (χ4v) is 5.74. The molecule has 220 valence electrons. The highest BCUT2D eigenvalue weighted by Crippen LogP contribution is 2.26. The third-order valence-electron chi connectivity index (χ3n) is 6.44. The first-order valence-corrected chi connectivity index (χ1v) is 15.8. The number of anilines is 1. The van der Waals surface area contributed by atoms with Gasteiger partial charge in [0.15, 0.2) is 0 Å². The van der Waals surface area contributed by atoms with Crippen LogP contribution in [0.2, 0.25) is 0 Å². The summed E-state index contributed by atoms with van der Waals surface area (Å²) >= 11 is 3.42. The molecular formula is C31H38BrN3O5S. The lowest BCUT2D eigenvalue weighted by Crippen LogP contribution is -2.51. The van der Waals surface area contributed by atoms with Crippen LogP contribution >= 0.6 is 15.9 Å². The Balaban J connectivity index is 1.99. The molecule has 0 radical (unpaired) electrons. The van der Waals surface area contributed by atoms with Gasteiger partial charge >= 0.3 is 0 Å². The molecule has 3 aromatic rings. The van der Waals surface area contributed by atoms with Crippen molar-refractivity contribution in [2.24, 2.45) is 5.92 Å². The van der Waals surface area contributed by atoms with Crippen LogP contribution in [-0.4, -0.2) is 50.9 Å². The Morgan fingerprint density at radius 2 is 1.54 bits per heavy atom. The average Bonchev–Trinajstić information content (AvgIpc) is 2.94. The number of nitrogens with zero attached hydrogens (tertiary/aromatic N) is 2. The van der Waals surface area contributed by atoms with E-state index in [-0.39, 0.29) is 23.3 Å². The highest BCUT2D eigenvalue weighted by Gasteiger charge is 2.32. The fourth-order valence-electron chi connectivity index (χ4n) is 4.06. The number of carbonyl (C=O) groups is 2. The third kappa shape index (κ3) is 8.81. The number of hydrogen-bond acceptors (Lipinski definition) is 5. The summed E-state index contributed by atoms with van der Waals surface area (Å²) in [4.78, 5) is 28.5. The molecule has 2 amide bonds. The molecule has 3 rings (SSSR count). The zero-order valence-corrected chi connectivity index (χ0v) is 26.5. The summed E-state index contributed by atoms with van der Waals surface area (Å²) in [6.07, 6.45) is 0. The highest BCUT2D eigenvalue weighted by molar-refractivity contribution is 9.10. The molecule has 41 heavy (non-hydrogen) atoms. The Labute approximate surface area is 251 Å². The summed E-state index contributed by atoms with van der Waals surface area (Å²) in [5.74, 6) is -0.0278. The zero-order valence-electron chi connectivity index (χ0n) is 24.1. The molecule has 8 nitrogen and oxygen atoms in total. The van der Waals surface area contributed by atoms with Crippen LogP contribution in [0.15, 0.2) is 82.2 Å². The largest absolute Gasteiger partial charge is 0.494 e. The number of aryl methyl sites for hydroxylation is 1. The Kier molecular flexibility index (Phi) is 11.4. The maximum absolute atomic E-state index is 14.0. The number of halogens is 1. The molecule has 0 saturated carbocycles. The second kappa shape index (κ2) is 14.5. The molecule has 0 aliphatic carbocycles. The maximum Gasteiger partial charge on any atom is 0.264 e. The van der Waals surface area contributed by atoms with Crippen molar-refractivity contribution in [2.45, 2.75) is 52.1 Å². The van der Waals surface area contributed by atoms with Gasteiger partial charge in [-0.25, -0.2) is 8.42 Å². The number of nitrogens with one attached hydrogen (secondary N) is 1. The lowest BCUT2D eigenvalue weighted by atomic mass is 10.1. The summed E-state index contributed by atoms with van der Waals surface area (Å²) in [6, 6.07) is 19.6. The molecule has 1 atom stereocenters. The smallest absolute Gasteiger partial charge is 0.264 e. The SMILES string of the molecule is CCOc1ccc(S(=O)(=O)N(CC(=O)N(Cc2ccc(Br)cc2)[C@H](C)C(=O)NCC(C)C)c2ccc(C)cc2)cc1. The van der Waals surface area contributed by atoms with Gasteiger partial charge in [0.2, 0.25) is 11.8 Å². The van der Waals surface area contributed by atoms with E-state index in [4.69, 9.17) is 4.74 Å². The van der Waals surface area contributed by atoms with Gasteiger partial charge in [-0.1, -0.05) is 59.6 Å². The van der Waals surface area contributed by atoms with E-state index in [1.54, 1.807) is 43.3 Å². The number of rotatable bonds is 13. The van der Waals surface area contributed by atoms with Crippen molar-refractivity contribution in [1.29, 1.82) is 0 Å². The summed E-state index contributed by atoms with van der Waals surface area (Å²) in [5, 5.41) is 2.89. The minimum atomic E-state index is -4.15. The van der Waals surface area contributed by atoms with Gasteiger partial charge in [-0.2, -0.15) is 0 Å². The summed E-state index contributed by atoms with van der Waals surface area (Å²) in [6.45, 7) is 9.94. The summed E-state index contributed by atoms with van der Waals surface area (Å²) < 4.78 is 35.3. The number of sulfonamides is 1. The van der Waals surface area contributed by atoms with Crippen LogP contribution in [0, 0.1) is 12.8 Å². The summed E-state index contributed by atoms with van der Waals surface area (Å²) in [5.41, 5.74) is 2.10. The predicted molar refractivity (Wildman–Crippen MR) is 165 cm³/mol. The molecule has 0 bridgehead atoms. The van der Waals surface area contributed by atoms with Crippen LogP contribution in [0.25, 0.3) is 0 Å². The Morgan fingerprint density at radius 1 is 0.927 bits per heavy atom. The summed E-state index contributed by atoms with van der Waals surface area (Å²) in [7, 11) is -4.15. The number of hydrogen-bond donors (Lipinski definition) is 1. The standard InChI is InChI=1S/C31H38BrN3O5S/c1-6-40-28-15-17-29(18-16-28)41(38,39)35(27-13-7-23(4)8-14-27)21-30(36)34(20-25-9-11-26(32)12-10-25)24(5)31(37)33-19-22(2)3/h7-18,22,24H,6,19-21H2,1-5H3,(H,33,37)/t24-/m1/s1. The predicted octanol–water partition coefficient (Wildman–Crippen LogP) is 5.54. The fraction of sp³-hybridized carbons (Fsp3) is 0.355. The molecule has 0 fully saturated rings. The van der Waals surface area contributed by atoms with Gasteiger partial charge < -0.3 is 15.0 Å². The normalized spacial score (nSPS) is 12.1. The molecule has 0 saturated heterocycles. The highest BCUT2D eigenvalue weighted by atomic mass is 79.9.